The third-order valence-corrected chi connectivity index (χ3v) is 12.0. The number of aromatic amines is 2. The minimum absolute atomic E-state index is 0.884. The van der Waals surface area contributed by atoms with E-state index in [4.69, 9.17) is 9.97 Å². The lowest BCUT2D eigenvalue weighted by molar-refractivity contribution is 1.30. The van der Waals surface area contributed by atoms with Gasteiger partial charge in [-0.2, -0.15) is 0 Å². The van der Waals surface area contributed by atoms with Crippen LogP contribution in [0, 0.1) is 0 Å². The van der Waals surface area contributed by atoms with E-state index >= 15 is 0 Å². The summed E-state index contributed by atoms with van der Waals surface area (Å²) in [4.78, 5) is 17.3. The number of nitrogens with zero attached hydrogens (tertiary/aromatic N) is 2. The number of aromatic nitrogens is 4. The maximum absolute atomic E-state index is 5.21. The molecular formula is C32H19Br2N4Si. The third-order valence-electron chi connectivity index (χ3n) is 7.38. The SMILES string of the molecule is Brc1c2nc(cc3ccc([nH]3)c([Si]3c4ccccc4-c4ccccc43)c3nc(c(Br)c4ccc1[nH]4)C=C3)C=C2. The lowest BCUT2D eigenvalue weighted by Crippen LogP contribution is -2.50. The second-order valence-corrected chi connectivity index (χ2v) is 13.6. The number of H-pyrrole nitrogens is 2. The largest absolute Gasteiger partial charge is 0.355 e. The molecule has 0 fully saturated rings. The van der Waals surface area contributed by atoms with Gasteiger partial charge in [-0.05, 0) is 113 Å². The van der Waals surface area contributed by atoms with Crippen LogP contribution in [0.4, 0.5) is 0 Å². The van der Waals surface area contributed by atoms with E-state index in [2.05, 4.69) is 133 Å². The van der Waals surface area contributed by atoms with Gasteiger partial charge in [-0.1, -0.05) is 48.5 Å². The average molecular weight is 647 g/mol. The van der Waals surface area contributed by atoms with Crippen molar-refractivity contribution in [1.82, 2.24) is 19.9 Å². The van der Waals surface area contributed by atoms with Crippen LogP contribution in [0.5, 0.6) is 0 Å². The quantitative estimate of drug-likeness (QED) is 0.196. The van der Waals surface area contributed by atoms with Gasteiger partial charge in [0, 0.05) is 11.0 Å². The first-order valence-corrected chi connectivity index (χ1v) is 15.7. The predicted molar refractivity (Wildman–Crippen MR) is 171 cm³/mol. The van der Waals surface area contributed by atoms with Crippen molar-refractivity contribution >= 4 is 103 Å². The molecule has 0 saturated heterocycles. The van der Waals surface area contributed by atoms with Crippen molar-refractivity contribution in [2.45, 2.75) is 0 Å². The fourth-order valence-electron chi connectivity index (χ4n) is 5.62. The van der Waals surface area contributed by atoms with Crippen LogP contribution >= 0.6 is 31.9 Å². The summed E-state index contributed by atoms with van der Waals surface area (Å²) in [7, 11) is -1.34. The Labute approximate surface area is 243 Å². The van der Waals surface area contributed by atoms with Crippen LogP contribution in [0.15, 0.2) is 87.8 Å². The van der Waals surface area contributed by atoms with Gasteiger partial charge in [0.25, 0.3) is 0 Å². The van der Waals surface area contributed by atoms with Crippen molar-refractivity contribution in [3.63, 3.8) is 0 Å². The highest BCUT2D eigenvalue weighted by Crippen LogP contribution is 2.29. The van der Waals surface area contributed by atoms with Crippen LogP contribution in [-0.4, -0.2) is 28.7 Å². The van der Waals surface area contributed by atoms with Crippen molar-refractivity contribution in [3.05, 3.63) is 111 Å². The maximum Gasteiger partial charge on any atom is 0.161 e. The lowest BCUT2D eigenvalue weighted by atomic mass is 10.1. The molecule has 0 unspecified atom stereocenters. The second-order valence-electron chi connectivity index (χ2n) is 9.70. The Balaban J connectivity index is 1.51. The first-order valence-electron chi connectivity index (χ1n) is 12.6. The van der Waals surface area contributed by atoms with E-state index in [-0.39, 0.29) is 0 Å². The molecular weight excluding hydrogens is 628 g/mol. The van der Waals surface area contributed by atoms with Gasteiger partial charge in [0.1, 0.15) is 0 Å². The molecule has 3 aliphatic rings. The zero-order valence-corrected chi connectivity index (χ0v) is 24.6. The summed E-state index contributed by atoms with van der Waals surface area (Å²) in [5, 5.41) is 4.06. The predicted octanol–water partition coefficient (Wildman–Crippen LogP) is 6.68. The second kappa shape index (κ2) is 8.88. The Bertz CT molecular complexity index is 2020. The van der Waals surface area contributed by atoms with Crippen LogP contribution in [0.25, 0.3) is 57.5 Å². The highest BCUT2D eigenvalue weighted by Gasteiger charge is 2.34. The highest BCUT2D eigenvalue weighted by atomic mass is 79.9. The number of benzene rings is 2. The topological polar surface area (TPSA) is 57.4 Å². The molecule has 2 N–H and O–H groups in total. The zero-order valence-electron chi connectivity index (χ0n) is 20.5. The van der Waals surface area contributed by atoms with E-state index in [1.54, 1.807) is 0 Å². The summed E-state index contributed by atoms with van der Waals surface area (Å²) in [6.45, 7) is 0. The molecule has 7 heteroatoms. The molecule has 8 rings (SSSR count). The molecule has 39 heavy (non-hydrogen) atoms. The van der Waals surface area contributed by atoms with Crippen LogP contribution in [-0.2, 0) is 0 Å². The van der Waals surface area contributed by atoms with Gasteiger partial charge >= 0.3 is 0 Å². The first-order chi connectivity index (χ1) is 19.1. The molecule has 0 spiro atoms. The third kappa shape index (κ3) is 3.68. The molecule has 0 saturated carbocycles. The summed E-state index contributed by atoms with van der Waals surface area (Å²) < 4.78 is 1.84. The molecule has 8 bridgehead atoms. The molecule has 3 aromatic heterocycles. The van der Waals surface area contributed by atoms with Crippen LogP contribution in [0.1, 0.15) is 22.8 Å². The van der Waals surface area contributed by atoms with Crippen molar-refractivity contribution in [2.24, 2.45) is 0 Å². The number of rotatable bonds is 1. The molecule has 185 valence electrons. The van der Waals surface area contributed by atoms with Crippen molar-refractivity contribution in [2.75, 3.05) is 0 Å². The summed E-state index contributed by atoms with van der Waals surface area (Å²) >= 11 is 7.59. The highest BCUT2D eigenvalue weighted by molar-refractivity contribution is 9.11. The summed E-state index contributed by atoms with van der Waals surface area (Å²) in [6.07, 6.45) is 8.35. The van der Waals surface area contributed by atoms with Crippen LogP contribution < -0.4 is 15.6 Å². The van der Waals surface area contributed by atoms with E-state index in [9.17, 15) is 0 Å². The lowest BCUT2D eigenvalue weighted by Gasteiger charge is -2.13. The van der Waals surface area contributed by atoms with Crippen molar-refractivity contribution < 1.29 is 0 Å². The molecule has 5 aromatic rings. The minimum atomic E-state index is -1.34. The summed E-state index contributed by atoms with van der Waals surface area (Å²) in [6, 6.07) is 28.2. The summed E-state index contributed by atoms with van der Waals surface area (Å²) in [5.74, 6) is 0. The molecule has 1 radical (unpaired) electrons. The number of nitrogens with one attached hydrogen (secondary N) is 2. The summed E-state index contributed by atoms with van der Waals surface area (Å²) in [5.41, 5.74) is 10.4. The van der Waals surface area contributed by atoms with Crippen molar-refractivity contribution in [3.8, 4) is 11.1 Å². The molecule has 3 aliphatic heterocycles. The van der Waals surface area contributed by atoms with Gasteiger partial charge in [0.15, 0.2) is 8.80 Å². The van der Waals surface area contributed by atoms with E-state index in [1.807, 2.05) is 12.2 Å². The Morgan fingerprint density at radius 2 is 1.15 bits per heavy atom. The molecule has 6 heterocycles. The monoisotopic (exact) mass is 645 g/mol. The smallest absolute Gasteiger partial charge is 0.161 e. The molecule has 0 amide bonds. The minimum Gasteiger partial charge on any atom is -0.355 e. The normalized spacial score (nSPS) is 13.6. The molecule has 4 nitrogen and oxygen atoms in total. The number of hydrogen-bond donors (Lipinski definition) is 2. The number of fused-ring (bicyclic) bond motifs is 11. The van der Waals surface area contributed by atoms with Gasteiger partial charge in [-0.3, -0.25) is 0 Å². The van der Waals surface area contributed by atoms with Crippen LogP contribution in [0.3, 0.4) is 0 Å². The Morgan fingerprint density at radius 1 is 0.564 bits per heavy atom. The zero-order chi connectivity index (χ0) is 26.1. The molecule has 0 atom stereocenters. The Kier molecular flexibility index (Phi) is 5.27. The maximum atomic E-state index is 5.21. The van der Waals surface area contributed by atoms with E-state index < -0.39 is 8.80 Å². The first kappa shape index (κ1) is 23.1. The van der Waals surface area contributed by atoms with E-state index in [0.29, 0.717) is 0 Å². The van der Waals surface area contributed by atoms with Crippen LogP contribution in [0.2, 0.25) is 0 Å². The number of halogens is 2. The van der Waals surface area contributed by atoms with Gasteiger partial charge in [-0.15, -0.1) is 0 Å². The fraction of sp³-hybridized carbons (Fsp3) is 0. The van der Waals surface area contributed by atoms with Crippen molar-refractivity contribution in [1.29, 1.82) is 0 Å². The Hall–Kier alpha value is -3.78. The van der Waals surface area contributed by atoms with Gasteiger partial charge < -0.3 is 9.97 Å². The molecule has 0 aliphatic carbocycles. The standard InChI is InChI=1S/C32H19Br2N4Si/c33-30-22-11-9-18(35-22)17-19-10-12-26(36-19)32(27-16-15-25(38-27)31(34)24-14-13-23(30)37-24)39-28-7-3-1-5-20(28)21-6-2-4-8-29(21)39/h1-17,36-37H. The van der Waals surface area contributed by atoms with Gasteiger partial charge in [0.05, 0.1) is 42.8 Å². The Morgan fingerprint density at radius 3 is 1.87 bits per heavy atom. The average Bonchev–Trinajstić information content (AvgIpc) is 3.80. The van der Waals surface area contributed by atoms with Gasteiger partial charge in [0.2, 0.25) is 0 Å². The van der Waals surface area contributed by atoms with Gasteiger partial charge in [-0.25, -0.2) is 9.97 Å². The fourth-order valence-corrected chi connectivity index (χ4v) is 9.66. The number of hydrogen-bond acceptors (Lipinski definition) is 2. The van der Waals surface area contributed by atoms with E-state index in [1.165, 1.54) is 26.7 Å². The molecule has 2 aromatic carbocycles. The van der Waals surface area contributed by atoms with E-state index in [0.717, 1.165) is 53.8 Å².